The number of rotatable bonds is 5. The van der Waals surface area contributed by atoms with Gasteiger partial charge in [-0.1, -0.05) is 0 Å². The predicted octanol–water partition coefficient (Wildman–Crippen LogP) is 1.34. The molecule has 0 aliphatic rings. The lowest BCUT2D eigenvalue weighted by Gasteiger charge is -2.12. The first-order valence-electron chi connectivity index (χ1n) is 4.75. The molecular weight excluding hydrogens is 214 g/mol. The van der Waals surface area contributed by atoms with Crippen molar-refractivity contribution in [3.05, 3.63) is 18.0 Å². The van der Waals surface area contributed by atoms with E-state index in [0.29, 0.717) is 19.0 Å². The number of ether oxygens (including phenoxy) is 1. The van der Waals surface area contributed by atoms with Gasteiger partial charge >= 0.3 is 0 Å². The molecule has 1 heterocycles. The Morgan fingerprint density at radius 3 is 2.87 bits per heavy atom. The summed E-state index contributed by atoms with van der Waals surface area (Å²) >= 11 is 6.05. The van der Waals surface area contributed by atoms with Crippen LogP contribution in [0.3, 0.4) is 0 Å². The molecule has 0 N–H and O–H groups in total. The van der Waals surface area contributed by atoms with Gasteiger partial charge in [0.1, 0.15) is 0 Å². The lowest BCUT2D eigenvalue weighted by atomic mass is 10.2. The molecule has 0 radical (unpaired) electrons. The Balaban J connectivity index is 2.65. The van der Waals surface area contributed by atoms with Crippen LogP contribution < -0.4 is 4.90 Å². The summed E-state index contributed by atoms with van der Waals surface area (Å²) < 4.78 is 4.97. The number of hydrogen-bond acceptors (Lipinski definition) is 4. The van der Waals surface area contributed by atoms with Crippen molar-refractivity contribution in [2.45, 2.75) is 11.8 Å². The van der Waals surface area contributed by atoms with E-state index in [-0.39, 0.29) is 5.38 Å². The summed E-state index contributed by atoms with van der Waals surface area (Å²) in [5.41, 5.74) is 0.936. The molecule has 1 rings (SSSR count). The summed E-state index contributed by atoms with van der Waals surface area (Å²) in [6.45, 7) is 0.531. The molecule has 1 atom stereocenters. The van der Waals surface area contributed by atoms with Gasteiger partial charge in [-0.2, -0.15) is 0 Å². The molecular formula is C10H16ClN3O. The minimum Gasteiger partial charge on any atom is -0.383 e. The van der Waals surface area contributed by atoms with Crippen LogP contribution in [0.15, 0.2) is 12.3 Å². The summed E-state index contributed by atoms with van der Waals surface area (Å²) in [5, 5.41) is -0.0417. The first-order valence-corrected chi connectivity index (χ1v) is 5.19. The summed E-state index contributed by atoms with van der Waals surface area (Å²) in [4.78, 5) is 10.4. The van der Waals surface area contributed by atoms with Crippen LogP contribution >= 0.6 is 11.6 Å². The quantitative estimate of drug-likeness (QED) is 0.715. The maximum atomic E-state index is 6.05. The van der Waals surface area contributed by atoms with Crippen LogP contribution in [0.1, 0.15) is 5.69 Å². The molecule has 15 heavy (non-hydrogen) atoms. The maximum absolute atomic E-state index is 6.05. The molecule has 0 bridgehead atoms. The monoisotopic (exact) mass is 229 g/mol. The Morgan fingerprint density at radius 1 is 1.53 bits per heavy atom. The maximum Gasteiger partial charge on any atom is 0.224 e. The first-order chi connectivity index (χ1) is 7.13. The topological polar surface area (TPSA) is 38.2 Å². The van der Waals surface area contributed by atoms with Crippen molar-refractivity contribution in [1.29, 1.82) is 0 Å². The average molecular weight is 230 g/mol. The first kappa shape index (κ1) is 12.2. The van der Waals surface area contributed by atoms with Crippen LogP contribution in [-0.4, -0.2) is 43.2 Å². The molecule has 5 heteroatoms. The summed E-state index contributed by atoms with van der Waals surface area (Å²) in [7, 11) is 5.46. The van der Waals surface area contributed by atoms with E-state index in [1.54, 1.807) is 13.3 Å². The second kappa shape index (κ2) is 5.88. The second-order valence-electron chi connectivity index (χ2n) is 3.50. The van der Waals surface area contributed by atoms with Gasteiger partial charge in [-0.25, -0.2) is 9.97 Å². The molecule has 0 aromatic carbocycles. The van der Waals surface area contributed by atoms with E-state index in [9.17, 15) is 0 Å². The van der Waals surface area contributed by atoms with E-state index in [4.69, 9.17) is 16.3 Å². The standard InChI is InChI=1S/C10H16ClN3O/c1-14(2)10-12-5-4-9(13-10)6-8(11)7-15-3/h4-5,8H,6-7H2,1-3H3. The molecule has 1 unspecified atom stereocenters. The van der Waals surface area contributed by atoms with Crippen LogP contribution in [-0.2, 0) is 11.2 Å². The van der Waals surface area contributed by atoms with Gasteiger partial charge in [0.15, 0.2) is 0 Å². The van der Waals surface area contributed by atoms with E-state index in [2.05, 4.69) is 9.97 Å². The second-order valence-corrected chi connectivity index (χ2v) is 4.12. The number of halogens is 1. The number of hydrogen-bond donors (Lipinski definition) is 0. The fourth-order valence-electron chi connectivity index (χ4n) is 1.18. The van der Waals surface area contributed by atoms with Crippen LogP contribution in [0, 0.1) is 0 Å². The van der Waals surface area contributed by atoms with Gasteiger partial charge in [-0.15, -0.1) is 11.6 Å². The highest BCUT2D eigenvalue weighted by Crippen LogP contribution is 2.09. The number of methoxy groups -OCH3 is 1. The van der Waals surface area contributed by atoms with Gasteiger partial charge in [0.05, 0.1) is 12.0 Å². The van der Waals surface area contributed by atoms with Crippen molar-refractivity contribution in [3.63, 3.8) is 0 Å². The summed E-state index contributed by atoms with van der Waals surface area (Å²) in [6, 6.07) is 1.87. The largest absolute Gasteiger partial charge is 0.383 e. The number of nitrogens with zero attached hydrogens (tertiary/aromatic N) is 3. The van der Waals surface area contributed by atoms with Gasteiger partial charge in [0, 0.05) is 39.5 Å². The van der Waals surface area contributed by atoms with Gasteiger partial charge in [0.2, 0.25) is 5.95 Å². The van der Waals surface area contributed by atoms with Crippen LogP contribution in [0.5, 0.6) is 0 Å². The highest BCUT2D eigenvalue weighted by Gasteiger charge is 2.08. The normalized spacial score (nSPS) is 12.5. The van der Waals surface area contributed by atoms with Crippen LogP contribution in [0.25, 0.3) is 0 Å². The Hall–Kier alpha value is -0.870. The van der Waals surface area contributed by atoms with Crippen LogP contribution in [0.2, 0.25) is 0 Å². The Labute approximate surface area is 95.2 Å². The van der Waals surface area contributed by atoms with Crippen molar-refractivity contribution in [2.75, 3.05) is 32.7 Å². The Morgan fingerprint density at radius 2 is 2.27 bits per heavy atom. The van der Waals surface area contributed by atoms with E-state index in [1.165, 1.54) is 0 Å². The smallest absolute Gasteiger partial charge is 0.224 e. The average Bonchev–Trinajstić information content (AvgIpc) is 2.18. The van der Waals surface area contributed by atoms with Crippen LogP contribution in [0.4, 0.5) is 5.95 Å². The van der Waals surface area contributed by atoms with Gasteiger partial charge in [0.25, 0.3) is 0 Å². The third kappa shape index (κ3) is 4.01. The third-order valence-corrected chi connectivity index (χ3v) is 2.16. The zero-order valence-electron chi connectivity index (χ0n) is 9.27. The number of alkyl halides is 1. The lowest BCUT2D eigenvalue weighted by Crippen LogP contribution is -2.16. The van der Waals surface area contributed by atoms with Gasteiger partial charge in [-0.3, -0.25) is 0 Å². The molecule has 0 saturated heterocycles. The highest BCUT2D eigenvalue weighted by molar-refractivity contribution is 6.20. The molecule has 0 saturated carbocycles. The van der Waals surface area contributed by atoms with Gasteiger partial charge < -0.3 is 9.64 Å². The predicted molar refractivity (Wildman–Crippen MR) is 61.6 cm³/mol. The summed E-state index contributed by atoms with van der Waals surface area (Å²) in [5.74, 6) is 0.703. The van der Waals surface area contributed by atoms with E-state index < -0.39 is 0 Å². The van der Waals surface area contributed by atoms with Gasteiger partial charge in [-0.05, 0) is 6.07 Å². The molecule has 0 amide bonds. The SMILES string of the molecule is COCC(Cl)Cc1ccnc(N(C)C)n1. The number of aromatic nitrogens is 2. The zero-order valence-corrected chi connectivity index (χ0v) is 10.0. The molecule has 0 fully saturated rings. The van der Waals surface area contributed by atoms with Crippen molar-refractivity contribution < 1.29 is 4.74 Å². The molecule has 84 valence electrons. The lowest BCUT2D eigenvalue weighted by molar-refractivity contribution is 0.197. The molecule has 1 aromatic rings. The molecule has 0 aliphatic carbocycles. The van der Waals surface area contributed by atoms with E-state index >= 15 is 0 Å². The highest BCUT2D eigenvalue weighted by atomic mass is 35.5. The fourth-order valence-corrected chi connectivity index (χ4v) is 1.46. The van der Waals surface area contributed by atoms with Crippen molar-refractivity contribution >= 4 is 17.5 Å². The Bertz CT molecular complexity index is 306. The minimum absolute atomic E-state index is 0.0417. The third-order valence-electron chi connectivity index (χ3n) is 1.88. The van der Waals surface area contributed by atoms with E-state index in [0.717, 1.165) is 5.69 Å². The summed E-state index contributed by atoms with van der Waals surface area (Å²) in [6.07, 6.45) is 2.44. The van der Waals surface area contributed by atoms with Crippen molar-refractivity contribution in [1.82, 2.24) is 9.97 Å². The van der Waals surface area contributed by atoms with Crippen molar-refractivity contribution in [3.8, 4) is 0 Å². The zero-order chi connectivity index (χ0) is 11.3. The molecule has 0 spiro atoms. The molecule has 0 aliphatic heterocycles. The number of anilines is 1. The Kier molecular flexibility index (Phi) is 4.78. The fraction of sp³-hybridized carbons (Fsp3) is 0.600. The van der Waals surface area contributed by atoms with Crippen molar-refractivity contribution in [2.24, 2.45) is 0 Å². The molecule has 4 nitrogen and oxygen atoms in total. The van der Waals surface area contributed by atoms with E-state index in [1.807, 2.05) is 25.1 Å². The minimum atomic E-state index is -0.0417. The molecule has 1 aromatic heterocycles.